The van der Waals surface area contributed by atoms with Gasteiger partial charge in [-0.2, -0.15) is 0 Å². The number of hydrogen-bond donors (Lipinski definition) is 0. The Kier molecular flexibility index (Phi) is 0.212. The molecule has 0 aliphatic carbocycles. The van der Waals surface area contributed by atoms with Crippen molar-refractivity contribution in [2.24, 2.45) is 0 Å². The fraction of sp³-hybridized carbons (Fsp3) is 0.625. The number of benzene rings is 1. The van der Waals surface area contributed by atoms with Gasteiger partial charge in [0.15, 0.2) is 0 Å². The van der Waals surface area contributed by atoms with Crippen LogP contribution in [0.1, 0.15) is 5.56 Å². The van der Waals surface area contributed by atoms with Crippen LogP contribution in [-0.2, 0) is 10.8 Å². The van der Waals surface area contributed by atoms with Gasteiger partial charge in [-0.25, -0.2) is 0 Å². The number of hydrogen-bond acceptors (Lipinski definition) is 0. The normalized spacial score (nSPS) is 117. The van der Waals surface area contributed by atoms with Gasteiger partial charge in [0.1, 0.15) is 0 Å². The van der Waals surface area contributed by atoms with Crippen LogP contribution in [0.4, 0.5) is 0 Å². The molecule has 92 valence electrons. The van der Waals surface area contributed by atoms with E-state index in [1.807, 2.05) is 5.56 Å². The van der Waals surface area contributed by atoms with Crippen LogP contribution in [0.2, 0.25) is 38.5 Å². The Labute approximate surface area is 98.4 Å². The monoisotopic (exact) mass is 294 g/mol. The maximum absolute atomic E-state index is 3.59. The fourth-order valence-electron chi connectivity index (χ4n) is 18.2. The molecule has 1 aromatic carbocycles. The first kappa shape index (κ1) is 6.75. The molecule has 6 unspecified atom stereocenters. The molecule has 2 heteroatoms. The molecule has 0 aromatic heterocycles. The summed E-state index contributed by atoms with van der Waals surface area (Å²) in [6.45, 7) is -3.02. The van der Waals surface area contributed by atoms with Crippen LogP contribution in [-0.4, -0.2) is 4.05 Å². The third kappa shape index (κ3) is 0.0640. The molecule has 10 aliphatic heterocycles. The van der Waals surface area contributed by atoms with Crippen LogP contribution in [0.25, 0.3) is 0 Å². The Morgan fingerprint density at radius 3 is 1.78 bits per heavy atom. The molecular formula is C16H15FeP. The molecule has 10 aliphatic rings. The molecule has 1 spiro atoms. The van der Waals surface area contributed by atoms with Crippen LogP contribution in [0, 0.1) is 0 Å². The van der Waals surface area contributed by atoms with Crippen molar-refractivity contribution in [3.63, 3.8) is 0 Å². The standard InChI is InChI=1S/C11H10P.C5H5.Fe/c12-11-8-4-7-10(11)9-5-2-1-3-6-9;1-2-4-5-3-1;/h1-8H,12H2;1-5H;. The molecule has 0 radical (unpaired) electrons. The Bertz CT molecular complexity index is 1140. The zero-order valence-electron chi connectivity index (χ0n) is 9.94. The fourth-order valence-corrected chi connectivity index (χ4v) is 103. The van der Waals surface area contributed by atoms with Gasteiger partial charge in [-0.1, -0.05) is 0 Å². The van der Waals surface area contributed by atoms with Crippen molar-refractivity contribution in [2.45, 2.75) is 46.9 Å². The van der Waals surface area contributed by atoms with Crippen LogP contribution >= 0.6 is 9.24 Å². The molecule has 10 heterocycles. The van der Waals surface area contributed by atoms with Crippen LogP contribution < -0.4 is 0 Å². The van der Waals surface area contributed by atoms with Gasteiger partial charge in [0.25, 0.3) is 0 Å². The van der Waals surface area contributed by atoms with Crippen LogP contribution in [0.5, 0.6) is 0 Å². The van der Waals surface area contributed by atoms with Crippen molar-refractivity contribution in [2.75, 3.05) is 0 Å². The van der Waals surface area contributed by atoms with E-state index in [1.54, 1.807) is 0 Å². The summed E-state index contributed by atoms with van der Waals surface area (Å²) in [5.41, 5.74) is 1.85. The van der Waals surface area contributed by atoms with Crippen molar-refractivity contribution in [1.82, 2.24) is 0 Å². The topological polar surface area (TPSA) is 0 Å². The first-order valence-corrected chi connectivity index (χ1v) is 14.4. The molecule has 6 atom stereocenters. The summed E-state index contributed by atoms with van der Waals surface area (Å²) >= 11 is 0. The van der Waals surface area contributed by atoms with Crippen LogP contribution in [0.3, 0.4) is 0 Å². The summed E-state index contributed by atoms with van der Waals surface area (Å²) in [6.07, 6.45) is 0. The third-order valence-electron chi connectivity index (χ3n) is 16.2. The zero-order valence-corrected chi connectivity index (χ0v) is 12.2. The quantitative estimate of drug-likeness (QED) is 0.536. The predicted octanol–water partition coefficient (Wildman–Crippen LogP) is 4.27. The molecule has 0 amide bonds. The molecule has 0 N–H and O–H groups in total. The first-order valence-electron chi connectivity index (χ1n) is 7.60. The summed E-state index contributed by atoms with van der Waals surface area (Å²) in [6, 6.07) is 12.0. The Morgan fingerprint density at radius 2 is 1.44 bits per heavy atom. The minimum atomic E-state index is -3.02. The van der Waals surface area contributed by atoms with E-state index in [0.717, 1.165) is 8.37 Å². The van der Waals surface area contributed by atoms with Gasteiger partial charge in [0, 0.05) is 0 Å². The minimum absolute atomic E-state index is 0.887. The Balaban J connectivity index is 1.65. The van der Waals surface area contributed by atoms with E-state index in [4.69, 9.17) is 0 Å². The van der Waals surface area contributed by atoms with Crippen molar-refractivity contribution >= 4 is 9.24 Å². The van der Waals surface area contributed by atoms with Gasteiger partial charge in [-0.05, 0) is 0 Å². The molecule has 11 rings (SSSR count). The Morgan fingerprint density at radius 1 is 0.833 bits per heavy atom. The predicted molar refractivity (Wildman–Crippen MR) is 70.6 cm³/mol. The number of fused-ring (bicyclic) bond motifs is 10. The van der Waals surface area contributed by atoms with Gasteiger partial charge in [-0.3, -0.25) is 0 Å². The van der Waals surface area contributed by atoms with Gasteiger partial charge < -0.3 is 0 Å². The van der Waals surface area contributed by atoms with Crippen molar-refractivity contribution in [1.29, 1.82) is 0 Å². The van der Waals surface area contributed by atoms with E-state index < -0.39 is 6.51 Å². The summed E-state index contributed by atoms with van der Waals surface area (Å²) < 4.78 is 1.80. The van der Waals surface area contributed by atoms with E-state index >= 15 is 0 Å². The zero-order chi connectivity index (χ0) is 11.0. The van der Waals surface area contributed by atoms with Gasteiger partial charge in [0.05, 0.1) is 0 Å². The third-order valence-corrected chi connectivity index (χ3v) is 64.7. The summed E-state index contributed by atoms with van der Waals surface area (Å²) in [5.74, 6) is 0. The molecule has 1 aromatic rings. The summed E-state index contributed by atoms with van der Waals surface area (Å²) in [7, 11) is 3.59. The van der Waals surface area contributed by atoms with Gasteiger partial charge >= 0.3 is 98.5 Å². The average molecular weight is 294 g/mol. The van der Waals surface area contributed by atoms with E-state index in [9.17, 15) is 0 Å². The van der Waals surface area contributed by atoms with Gasteiger partial charge in [0.2, 0.25) is 0 Å². The molecule has 10 saturated heterocycles. The average Bonchev–Trinajstić information content (AvgIpc) is 3.34. The van der Waals surface area contributed by atoms with Gasteiger partial charge in [-0.15, -0.1) is 0 Å². The van der Waals surface area contributed by atoms with E-state index in [1.165, 1.54) is 38.5 Å². The van der Waals surface area contributed by atoms with Crippen molar-refractivity contribution < 1.29 is 6.51 Å². The number of rotatable bonds is 1. The van der Waals surface area contributed by atoms with Crippen LogP contribution in [0.15, 0.2) is 30.3 Å². The van der Waals surface area contributed by atoms with E-state index in [-0.39, 0.29) is 0 Å². The summed E-state index contributed by atoms with van der Waals surface area (Å²) in [5, 5.41) is 0. The maximum atomic E-state index is 3.59. The molecule has 18 heavy (non-hydrogen) atoms. The molecule has 10 fully saturated rings. The summed E-state index contributed by atoms with van der Waals surface area (Å²) in [4.78, 5) is 11.3. The molecule has 0 nitrogen and oxygen atoms in total. The second kappa shape index (κ2) is 0.565. The van der Waals surface area contributed by atoms with Crippen molar-refractivity contribution in [3.05, 3.63) is 35.9 Å². The van der Waals surface area contributed by atoms with E-state index in [2.05, 4.69) is 39.6 Å². The Hall–Kier alpha value is 0.169. The second-order valence-corrected chi connectivity index (χ2v) is 35.9. The van der Waals surface area contributed by atoms with Crippen molar-refractivity contribution in [3.8, 4) is 0 Å². The van der Waals surface area contributed by atoms with E-state index in [0.29, 0.717) is 0 Å². The SMILES string of the molecule is P[C]12[CH]3[CH]4[CH]5[C]1(c1ccccc1)[Fe]43521678[CH]2[CH]1[CH]6[CH]7[CH]28. The molecule has 0 bridgehead atoms. The molecule has 0 saturated carbocycles. The first-order chi connectivity index (χ1) is 8.54. The molecular weight excluding hydrogens is 279 g/mol. The second-order valence-electron chi connectivity index (χ2n) is 11.2.